The summed E-state index contributed by atoms with van der Waals surface area (Å²) < 4.78 is 23.6. The molecule has 2 aliphatic rings. The number of fused-ring (bicyclic) bond motifs is 2. The van der Waals surface area contributed by atoms with Gasteiger partial charge >= 0.3 is 0 Å². The predicted molar refractivity (Wildman–Crippen MR) is 128 cm³/mol. The molecule has 3 heterocycles. The van der Waals surface area contributed by atoms with E-state index >= 15 is 0 Å². The van der Waals surface area contributed by atoms with Crippen LogP contribution in [-0.4, -0.2) is 29.3 Å². The maximum Gasteiger partial charge on any atom is 0.221 e. The predicted octanol–water partition coefficient (Wildman–Crippen LogP) is 5.01. The second kappa shape index (κ2) is 8.48. The van der Waals surface area contributed by atoms with Crippen molar-refractivity contribution in [3.63, 3.8) is 0 Å². The van der Waals surface area contributed by atoms with Gasteiger partial charge in [0.2, 0.25) is 7.55 Å². The van der Waals surface area contributed by atoms with Crippen LogP contribution < -0.4 is 10.5 Å². The highest BCUT2D eigenvalue weighted by Gasteiger charge is 2.24. The molecule has 0 spiro atoms. The minimum Gasteiger partial charge on any atom is -0.501 e. The number of benzene rings is 2. The number of halogens is 1. The molecule has 4 nitrogen and oxygen atoms in total. The minimum absolute atomic E-state index is 0.285. The molecule has 3 aromatic rings. The van der Waals surface area contributed by atoms with Crippen molar-refractivity contribution in [1.82, 2.24) is 4.48 Å². The Balaban J connectivity index is 1.48. The number of rotatable bonds is 6. The van der Waals surface area contributed by atoms with Crippen LogP contribution in [-0.2, 0) is 0 Å². The Morgan fingerprint density at radius 3 is 2.75 bits per heavy atom. The van der Waals surface area contributed by atoms with Crippen molar-refractivity contribution in [2.75, 3.05) is 6.54 Å². The van der Waals surface area contributed by atoms with Gasteiger partial charge in [-0.3, -0.25) is 0 Å². The Morgan fingerprint density at radius 2 is 1.94 bits per heavy atom. The molecule has 5 rings (SSSR count). The number of para-hydroxylation sites is 1. The van der Waals surface area contributed by atoms with Crippen LogP contribution in [0.5, 0.6) is 11.5 Å². The van der Waals surface area contributed by atoms with Crippen molar-refractivity contribution >= 4 is 31.5 Å². The summed E-state index contributed by atoms with van der Waals surface area (Å²) in [5.74, 6) is 1.02. The fraction of sp³-hybridized carbons (Fsp3) is 0.115. The van der Waals surface area contributed by atoms with E-state index in [0.29, 0.717) is 18.0 Å². The number of allylic oxidation sites excluding steroid dienone is 2. The summed E-state index contributed by atoms with van der Waals surface area (Å²) in [6, 6.07) is 16.0. The van der Waals surface area contributed by atoms with Crippen molar-refractivity contribution in [2.24, 2.45) is 5.73 Å². The minimum atomic E-state index is -0.285. The highest BCUT2D eigenvalue weighted by molar-refractivity contribution is 6.28. The Labute approximate surface area is 187 Å². The van der Waals surface area contributed by atoms with Crippen molar-refractivity contribution < 1.29 is 13.6 Å². The fourth-order valence-electron chi connectivity index (χ4n) is 4.22. The average molecular weight is 423 g/mol. The summed E-state index contributed by atoms with van der Waals surface area (Å²) in [4.78, 5) is 0. The van der Waals surface area contributed by atoms with Crippen LogP contribution in [0.25, 0.3) is 17.7 Å². The van der Waals surface area contributed by atoms with Crippen LogP contribution in [0.1, 0.15) is 28.9 Å². The van der Waals surface area contributed by atoms with Gasteiger partial charge in [-0.25, -0.2) is 4.39 Å². The van der Waals surface area contributed by atoms with E-state index in [1.807, 2.05) is 30.3 Å². The van der Waals surface area contributed by atoms with Gasteiger partial charge in [-0.2, -0.15) is 0 Å². The van der Waals surface area contributed by atoms with Gasteiger partial charge in [0.1, 0.15) is 23.5 Å². The molecule has 0 bridgehead atoms. The third kappa shape index (κ3) is 3.74. The van der Waals surface area contributed by atoms with Gasteiger partial charge in [0.15, 0.2) is 5.70 Å². The second-order valence-corrected chi connectivity index (χ2v) is 7.83. The van der Waals surface area contributed by atoms with Gasteiger partial charge in [0, 0.05) is 34.7 Å². The lowest BCUT2D eigenvalue weighted by Gasteiger charge is -2.29. The molecule has 0 atom stereocenters. The maximum absolute atomic E-state index is 13.2. The van der Waals surface area contributed by atoms with Crippen LogP contribution in [0.4, 0.5) is 4.39 Å². The number of aryl methyl sites for hydroxylation is 1. The van der Waals surface area contributed by atoms with Gasteiger partial charge in [-0.1, -0.05) is 18.2 Å². The van der Waals surface area contributed by atoms with Crippen molar-refractivity contribution in [1.29, 1.82) is 0 Å². The van der Waals surface area contributed by atoms with E-state index in [-0.39, 0.29) is 5.82 Å². The monoisotopic (exact) mass is 423 g/mol. The lowest BCUT2D eigenvalue weighted by Crippen LogP contribution is -2.30. The molecule has 6 heteroatoms. The number of hydrogen-bond acceptors (Lipinski definition) is 2. The molecule has 2 radical (unpaired) electrons. The van der Waals surface area contributed by atoms with Crippen molar-refractivity contribution in [2.45, 2.75) is 13.3 Å². The molecule has 1 aromatic heterocycles. The third-order valence-corrected chi connectivity index (χ3v) is 5.66. The number of hydrogen-bond donors (Lipinski definition) is 1. The molecular formula is C26H23BFN3O. The summed E-state index contributed by atoms with van der Waals surface area (Å²) >= 11 is 0. The highest BCUT2D eigenvalue weighted by Crippen LogP contribution is 2.34. The van der Waals surface area contributed by atoms with Gasteiger partial charge in [0.25, 0.3) is 0 Å². The van der Waals surface area contributed by atoms with E-state index in [1.54, 1.807) is 12.1 Å². The van der Waals surface area contributed by atoms with E-state index in [4.69, 9.17) is 10.5 Å². The van der Waals surface area contributed by atoms with E-state index in [1.165, 1.54) is 34.7 Å². The summed E-state index contributed by atoms with van der Waals surface area (Å²) in [6.07, 6.45) is 11.2. The van der Waals surface area contributed by atoms with Gasteiger partial charge in [-0.05, 0) is 74.0 Å². The smallest absolute Gasteiger partial charge is 0.221 e. The molecule has 0 saturated carbocycles. The van der Waals surface area contributed by atoms with Crippen LogP contribution in [0.15, 0.2) is 72.4 Å². The van der Waals surface area contributed by atoms with Crippen LogP contribution in [0.2, 0.25) is 0 Å². The SMILES string of the molecule is Cc1cc(C=Cc2ccccc2Oc2ccc(F)cc2)n2c1C(CCN)=C1C=CC=[N+]1[B-]2. The Bertz CT molecular complexity index is 1300. The number of aromatic nitrogens is 1. The van der Waals surface area contributed by atoms with E-state index < -0.39 is 0 Å². The zero-order valence-electron chi connectivity index (χ0n) is 17.8. The van der Waals surface area contributed by atoms with Crippen LogP contribution in [0.3, 0.4) is 0 Å². The summed E-state index contributed by atoms with van der Waals surface area (Å²) in [6.45, 7) is 2.74. The van der Waals surface area contributed by atoms with Crippen molar-refractivity contribution in [3.8, 4) is 11.5 Å². The van der Waals surface area contributed by atoms with E-state index in [0.717, 1.165) is 17.7 Å². The van der Waals surface area contributed by atoms with Gasteiger partial charge in [0.05, 0.1) is 0 Å². The Hall–Kier alpha value is -3.64. The zero-order valence-corrected chi connectivity index (χ0v) is 17.8. The first-order chi connectivity index (χ1) is 15.6. The first kappa shape index (κ1) is 20.3. The lowest BCUT2D eigenvalue weighted by molar-refractivity contribution is -0.307. The summed E-state index contributed by atoms with van der Waals surface area (Å²) in [5, 5.41) is 0. The fourth-order valence-corrected chi connectivity index (χ4v) is 4.22. The van der Waals surface area contributed by atoms with Gasteiger partial charge in [-0.15, -0.1) is 0 Å². The average Bonchev–Trinajstić information content (AvgIpc) is 3.39. The Kier molecular flexibility index (Phi) is 5.37. The molecule has 2 aliphatic heterocycles. The molecule has 2 aromatic carbocycles. The number of nitrogens with zero attached hydrogens (tertiary/aromatic N) is 2. The van der Waals surface area contributed by atoms with Crippen molar-refractivity contribution in [3.05, 3.63) is 101 Å². The molecule has 32 heavy (non-hydrogen) atoms. The zero-order chi connectivity index (χ0) is 22.1. The van der Waals surface area contributed by atoms with Gasteiger partial charge < -0.3 is 19.4 Å². The standard InChI is InChI=1S/C26H23BFN3O/c1-18-17-21(31-26(18)23(14-15-29)24-6-4-16-30(24)27-31)11-8-19-5-2-3-7-25(19)32-22-12-9-20(28)10-13-22/h2-13,16-17H,14-15,29H2,1H3. The molecule has 158 valence electrons. The topological polar surface area (TPSA) is 43.2 Å². The number of ether oxygens (including phenoxy) is 1. The molecule has 0 saturated heterocycles. The second-order valence-electron chi connectivity index (χ2n) is 7.83. The third-order valence-electron chi connectivity index (χ3n) is 5.66. The largest absolute Gasteiger partial charge is 0.501 e. The molecule has 0 unspecified atom stereocenters. The molecule has 2 N–H and O–H groups in total. The number of nitrogens with two attached hydrogens (primary N) is 1. The molecule has 0 amide bonds. The molecule has 0 aliphatic carbocycles. The van der Waals surface area contributed by atoms with E-state index in [2.05, 4.69) is 53.9 Å². The first-order valence-corrected chi connectivity index (χ1v) is 10.6. The van der Waals surface area contributed by atoms with Crippen LogP contribution in [0, 0.1) is 12.7 Å². The Morgan fingerprint density at radius 1 is 1.12 bits per heavy atom. The molecular weight excluding hydrogens is 400 g/mol. The maximum atomic E-state index is 13.2. The first-order valence-electron chi connectivity index (χ1n) is 10.6. The highest BCUT2D eigenvalue weighted by atomic mass is 19.1. The van der Waals surface area contributed by atoms with Crippen LogP contribution >= 0.6 is 0 Å². The molecule has 0 fully saturated rings. The lowest BCUT2D eigenvalue weighted by atomic mass is 9.94. The normalized spacial score (nSPS) is 14.7. The quantitative estimate of drug-likeness (QED) is 0.567. The summed E-state index contributed by atoms with van der Waals surface area (Å²) in [5.41, 5.74) is 12.8. The van der Waals surface area contributed by atoms with E-state index in [9.17, 15) is 4.39 Å². The summed E-state index contributed by atoms with van der Waals surface area (Å²) in [7, 11) is 2.11.